The molecular weight excluding hydrogens is 242 g/mol. The van der Waals surface area contributed by atoms with Gasteiger partial charge in [-0.25, -0.2) is 4.79 Å². The fourth-order valence-corrected chi connectivity index (χ4v) is 1.75. The van der Waals surface area contributed by atoms with Crippen molar-refractivity contribution >= 4 is 6.09 Å². The molecule has 0 heterocycles. The highest BCUT2D eigenvalue weighted by atomic mass is 16.6. The highest BCUT2D eigenvalue weighted by molar-refractivity contribution is 5.68. The predicted molar refractivity (Wildman–Crippen MR) is 74.9 cm³/mol. The minimum atomic E-state index is -0.737. The third kappa shape index (κ3) is 5.30. The molecule has 2 atom stereocenters. The fourth-order valence-electron chi connectivity index (χ4n) is 1.75. The number of hydrogen-bond donors (Lipinski definition) is 2. The molecule has 0 aromatic heterocycles. The van der Waals surface area contributed by atoms with Crippen molar-refractivity contribution in [1.82, 2.24) is 5.32 Å². The maximum Gasteiger partial charge on any atom is 0.407 e. The van der Waals surface area contributed by atoms with Gasteiger partial charge in [0.05, 0.1) is 12.1 Å². The minimum Gasteiger partial charge on any atom is -0.444 e. The summed E-state index contributed by atoms with van der Waals surface area (Å²) in [5, 5.41) is 13.0. The standard InChI is InChI=1S/C15H23NO3/c1-5-12(16-14(18)19-15(2,3)4)13(17)11-9-7-6-8-10-11/h6-10,12-13,17H,5H2,1-4H3,(H,16,18). The molecule has 1 rings (SSSR count). The Morgan fingerprint density at radius 2 is 1.89 bits per heavy atom. The first-order chi connectivity index (χ1) is 8.83. The van der Waals surface area contributed by atoms with Gasteiger partial charge in [0.2, 0.25) is 0 Å². The molecule has 1 aromatic rings. The molecule has 0 radical (unpaired) electrons. The molecule has 2 unspecified atom stereocenters. The smallest absolute Gasteiger partial charge is 0.407 e. The molecule has 2 N–H and O–H groups in total. The van der Waals surface area contributed by atoms with E-state index in [2.05, 4.69) is 5.32 Å². The van der Waals surface area contributed by atoms with E-state index < -0.39 is 17.8 Å². The van der Waals surface area contributed by atoms with Gasteiger partial charge in [-0.2, -0.15) is 0 Å². The number of rotatable bonds is 4. The number of carbonyl (C=O) groups is 1. The quantitative estimate of drug-likeness (QED) is 0.879. The van der Waals surface area contributed by atoms with E-state index in [1.807, 2.05) is 37.3 Å². The Morgan fingerprint density at radius 1 is 1.32 bits per heavy atom. The molecule has 0 spiro atoms. The van der Waals surface area contributed by atoms with Crippen LogP contribution in [0.2, 0.25) is 0 Å². The molecular formula is C15H23NO3. The number of ether oxygens (including phenoxy) is 1. The number of carbonyl (C=O) groups excluding carboxylic acids is 1. The van der Waals surface area contributed by atoms with Gasteiger partial charge >= 0.3 is 6.09 Å². The number of hydrogen-bond acceptors (Lipinski definition) is 3. The van der Waals surface area contributed by atoms with Crippen molar-refractivity contribution in [2.45, 2.75) is 51.9 Å². The average molecular weight is 265 g/mol. The molecule has 0 bridgehead atoms. The van der Waals surface area contributed by atoms with Gasteiger partial charge in [-0.05, 0) is 32.8 Å². The number of alkyl carbamates (subject to hydrolysis) is 1. The zero-order valence-electron chi connectivity index (χ0n) is 12.0. The van der Waals surface area contributed by atoms with Crippen LogP contribution in [0.15, 0.2) is 30.3 Å². The monoisotopic (exact) mass is 265 g/mol. The number of benzene rings is 1. The maximum atomic E-state index is 11.7. The van der Waals surface area contributed by atoms with E-state index in [1.54, 1.807) is 20.8 Å². The van der Waals surface area contributed by atoms with E-state index in [4.69, 9.17) is 4.74 Å². The van der Waals surface area contributed by atoms with Crippen LogP contribution in [-0.4, -0.2) is 22.8 Å². The number of amides is 1. The molecule has 106 valence electrons. The van der Waals surface area contributed by atoms with E-state index in [9.17, 15) is 9.90 Å². The Kier molecular flexibility index (Phi) is 5.36. The van der Waals surface area contributed by atoms with E-state index >= 15 is 0 Å². The van der Waals surface area contributed by atoms with Crippen molar-refractivity contribution < 1.29 is 14.6 Å². The molecule has 4 nitrogen and oxygen atoms in total. The normalized spacial score (nSPS) is 14.6. The summed E-state index contributed by atoms with van der Waals surface area (Å²) in [6, 6.07) is 8.92. The van der Waals surface area contributed by atoms with Gasteiger partial charge < -0.3 is 15.2 Å². The summed E-state index contributed by atoms with van der Waals surface area (Å²) in [6.45, 7) is 7.33. The molecule has 19 heavy (non-hydrogen) atoms. The van der Waals surface area contributed by atoms with Gasteiger partial charge in [0.25, 0.3) is 0 Å². The van der Waals surface area contributed by atoms with Crippen molar-refractivity contribution in [3.8, 4) is 0 Å². The highest BCUT2D eigenvalue weighted by Gasteiger charge is 2.24. The van der Waals surface area contributed by atoms with Crippen molar-refractivity contribution in [1.29, 1.82) is 0 Å². The third-order valence-corrected chi connectivity index (χ3v) is 2.66. The van der Waals surface area contributed by atoms with Gasteiger partial charge in [-0.1, -0.05) is 37.3 Å². The average Bonchev–Trinajstić information content (AvgIpc) is 2.34. The largest absolute Gasteiger partial charge is 0.444 e. The Morgan fingerprint density at radius 3 is 2.37 bits per heavy atom. The summed E-state index contributed by atoms with van der Waals surface area (Å²) in [5.41, 5.74) is 0.241. The van der Waals surface area contributed by atoms with E-state index in [-0.39, 0.29) is 6.04 Å². The van der Waals surface area contributed by atoms with Crippen LogP contribution in [0.3, 0.4) is 0 Å². The van der Waals surface area contributed by atoms with Crippen LogP contribution in [0, 0.1) is 0 Å². The predicted octanol–water partition coefficient (Wildman–Crippen LogP) is 3.02. The third-order valence-electron chi connectivity index (χ3n) is 2.66. The van der Waals surface area contributed by atoms with Gasteiger partial charge in [0.15, 0.2) is 0 Å². The Hall–Kier alpha value is -1.55. The first-order valence-corrected chi connectivity index (χ1v) is 6.56. The zero-order chi connectivity index (χ0) is 14.5. The van der Waals surface area contributed by atoms with Gasteiger partial charge in [0, 0.05) is 0 Å². The summed E-state index contributed by atoms with van der Waals surface area (Å²) in [6.07, 6.45) is -0.622. The van der Waals surface area contributed by atoms with Gasteiger partial charge in [-0.15, -0.1) is 0 Å². The van der Waals surface area contributed by atoms with Crippen LogP contribution in [0.1, 0.15) is 45.8 Å². The van der Waals surface area contributed by atoms with Crippen LogP contribution >= 0.6 is 0 Å². The van der Waals surface area contributed by atoms with Crippen LogP contribution in [0.5, 0.6) is 0 Å². The van der Waals surface area contributed by atoms with Gasteiger partial charge in [-0.3, -0.25) is 0 Å². The summed E-state index contributed by atoms with van der Waals surface area (Å²) in [7, 11) is 0. The minimum absolute atomic E-state index is 0.364. The van der Waals surface area contributed by atoms with Gasteiger partial charge in [0.1, 0.15) is 5.60 Å². The van der Waals surface area contributed by atoms with Crippen molar-refractivity contribution in [2.24, 2.45) is 0 Å². The van der Waals surface area contributed by atoms with E-state index in [0.717, 1.165) is 5.56 Å². The highest BCUT2D eigenvalue weighted by Crippen LogP contribution is 2.19. The lowest BCUT2D eigenvalue weighted by molar-refractivity contribution is 0.0417. The molecule has 0 aliphatic rings. The second-order valence-electron chi connectivity index (χ2n) is 5.52. The van der Waals surface area contributed by atoms with Crippen LogP contribution in [-0.2, 0) is 4.74 Å². The Labute approximate surface area is 114 Å². The summed E-state index contributed by atoms with van der Waals surface area (Å²) < 4.78 is 5.19. The number of aliphatic hydroxyl groups is 1. The lowest BCUT2D eigenvalue weighted by Gasteiger charge is -2.26. The molecule has 1 aromatic carbocycles. The van der Waals surface area contributed by atoms with E-state index in [0.29, 0.717) is 6.42 Å². The maximum absolute atomic E-state index is 11.7. The summed E-state index contributed by atoms with van der Waals surface area (Å²) in [4.78, 5) is 11.7. The summed E-state index contributed by atoms with van der Waals surface area (Å²) in [5.74, 6) is 0. The molecule has 0 saturated heterocycles. The lowest BCUT2D eigenvalue weighted by atomic mass is 10.0. The Bertz CT molecular complexity index is 398. The number of nitrogens with one attached hydrogen (secondary N) is 1. The Balaban J connectivity index is 2.66. The lowest BCUT2D eigenvalue weighted by Crippen LogP contribution is -2.42. The summed E-state index contributed by atoms with van der Waals surface area (Å²) >= 11 is 0. The first kappa shape index (κ1) is 15.5. The molecule has 0 fully saturated rings. The fraction of sp³-hybridized carbons (Fsp3) is 0.533. The van der Waals surface area contributed by atoms with Crippen LogP contribution in [0.4, 0.5) is 4.79 Å². The second kappa shape index (κ2) is 6.57. The zero-order valence-corrected chi connectivity index (χ0v) is 12.0. The molecule has 0 saturated carbocycles. The molecule has 1 amide bonds. The van der Waals surface area contributed by atoms with Crippen LogP contribution < -0.4 is 5.32 Å². The SMILES string of the molecule is CCC(NC(=O)OC(C)(C)C)C(O)c1ccccc1. The number of aliphatic hydroxyl groups excluding tert-OH is 1. The molecule has 0 aliphatic heterocycles. The first-order valence-electron chi connectivity index (χ1n) is 6.56. The second-order valence-corrected chi connectivity index (χ2v) is 5.52. The molecule has 4 heteroatoms. The van der Waals surface area contributed by atoms with E-state index in [1.165, 1.54) is 0 Å². The van der Waals surface area contributed by atoms with Crippen molar-refractivity contribution in [2.75, 3.05) is 0 Å². The van der Waals surface area contributed by atoms with Crippen molar-refractivity contribution in [3.05, 3.63) is 35.9 Å². The topological polar surface area (TPSA) is 58.6 Å². The molecule has 0 aliphatic carbocycles. The van der Waals surface area contributed by atoms with Crippen LogP contribution in [0.25, 0.3) is 0 Å². The van der Waals surface area contributed by atoms with Crippen molar-refractivity contribution in [3.63, 3.8) is 0 Å².